The highest BCUT2D eigenvalue weighted by Gasteiger charge is 2.19. The summed E-state index contributed by atoms with van der Waals surface area (Å²) in [6, 6.07) is 57.9. The van der Waals surface area contributed by atoms with Gasteiger partial charge in [-0.05, 0) is 92.5 Å². The van der Waals surface area contributed by atoms with Crippen LogP contribution in [0.4, 0.5) is 0 Å². The van der Waals surface area contributed by atoms with Crippen molar-refractivity contribution in [1.29, 1.82) is 0 Å². The molecule has 0 aliphatic rings. The van der Waals surface area contributed by atoms with Gasteiger partial charge in [0.05, 0.1) is 11.0 Å². The molecule has 0 radical (unpaired) electrons. The number of benzene rings is 8. The van der Waals surface area contributed by atoms with Crippen LogP contribution in [0.15, 0.2) is 158 Å². The van der Waals surface area contributed by atoms with E-state index in [2.05, 4.69) is 169 Å². The molecule has 1 aromatic heterocycles. The monoisotopic (exact) mass is 559 g/mol. The Kier molecular flexibility index (Phi) is 5.48. The van der Waals surface area contributed by atoms with Gasteiger partial charge in [-0.2, -0.15) is 0 Å². The van der Waals surface area contributed by atoms with Crippen molar-refractivity contribution in [3.63, 3.8) is 0 Å². The third-order valence-electron chi connectivity index (χ3n) is 9.19. The number of hydrogen-bond donors (Lipinski definition) is 0. The van der Waals surface area contributed by atoms with Crippen molar-refractivity contribution in [1.82, 2.24) is 4.57 Å². The summed E-state index contributed by atoms with van der Waals surface area (Å²) in [5, 5.41) is 10.2. The maximum atomic E-state index is 2.48. The lowest BCUT2D eigenvalue weighted by molar-refractivity contribution is 1.19. The average Bonchev–Trinajstić information content (AvgIpc) is 3.41. The van der Waals surface area contributed by atoms with Gasteiger partial charge in [-0.1, -0.05) is 127 Å². The Morgan fingerprint density at radius 1 is 0.386 bits per heavy atom. The summed E-state index contributed by atoms with van der Waals surface area (Å²) in [4.78, 5) is 0. The molecule has 0 atom stereocenters. The first-order chi connectivity index (χ1) is 21.7. The van der Waals surface area contributed by atoms with Crippen LogP contribution in [0.2, 0.25) is 0 Å². The fourth-order valence-corrected chi connectivity index (χ4v) is 7.22. The highest BCUT2D eigenvalue weighted by atomic mass is 15.0. The van der Waals surface area contributed by atoms with E-state index in [0.717, 1.165) is 0 Å². The SMILES string of the molecule is Cc1ccc2c(c1)c1cc(-c3ccccc3)c3ccccc3c1n2-c1cccc(-c2cc3ccccc3c3ccccc23)c1. The maximum absolute atomic E-state index is 2.48. The molecule has 0 saturated heterocycles. The van der Waals surface area contributed by atoms with Crippen molar-refractivity contribution in [2.75, 3.05) is 0 Å². The Morgan fingerprint density at radius 2 is 1.02 bits per heavy atom. The zero-order chi connectivity index (χ0) is 29.2. The van der Waals surface area contributed by atoms with Gasteiger partial charge < -0.3 is 4.57 Å². The molecule has 1 heteroatoms. The molecule has 0 aliphatic carbocycles. The normalized spacial score (nSPS) is 11.8. The molecular weight excluding hydrogens is 530 g/mol. The molecule has 9 aromatic rings. The first-order valence-corrected chi connectivity index (χ1v) is 15.3. The topological polar surface area (TPSA) is 4.93 Å². The van der Waals surface area contributed by atoms with Crippen LogP contribution in [0.1, 0.15) is 5.56 Å². The second-order valence-corrected chi connectivity index (χ2v) is 11.8. The third kappa shape index (κ3) is 3.73. The fourth-order valence-electron chi connectivity index (χ4n) is 7.22. The zero-order valence-corrected chi connectivity index (χ0v) is 24.5. The van der Waals surface area contributed by atoms with Gasteiger partial charge in [0.25, 0.3) is 0 Å². The Hall–Kier alpha value is -5.66. The number of fused-ring (bicyclic) bond motifs is 8. The number of aryl methyl sites for hydroxylation is 1. The highest BCUT2D eigenvalue weighted by Crippen LogP contribution is 2.42. The first-order valence-electron chi connectivity index (χ1n) is 15.3. The van der Waals surface area contributed by atoms with Crippen molar-refractivity contribution in [2.45, 2.75) is 6.92 Å². The second kappa shape index (κ2) is 9.69. The summed E-state index contributed by atoms with van der Waals surface area (Å²) in [6.45, 7) is 2.19. The summed E-state index contributed by atoms with van der Waals surface area (Å²) in [5.41, 5.74) is 9.90. The molecule has 44 heavy (non-hydrogen) atoms. The lowest BCUT2D eigenvalue weighted by Gasteiger charge is -2.15. The second-order valence-electron chi connectivity index (χ2n) is 11.8. The van der Waals surface area contributed by atoms with Crippen LogP contribution in [-0.2, 0) is 0 Å². The first kappa shape index (κ1) is 24.9. The molecule has 0 bridgehead atoms. The van der Waals surface area contributed by atoms with Crippen molar-refractivity contribution in [3.05, 3.63) is 163 Å². The predicted molar refractivity (Wildman–Crippen MR) is 189 cm³/mol. The summed E-state index contributed by atoms with van der Waals surface area (Å²) < 4.78 is 2.48. The van der Waals surface area contributed by atoms with Gasteiger partial charge in [0.2, 0.25) is 0 Å². The molecule has 0 fully saturated rings. The van der Waals surface area contributed by atoms with Gasteiger partial charge in [-0.25, -0.2) is 0 Å². The number of aromatic nitrogens is 1. The minimum atomic E-state index is 1.17. The smallest absolute Gasteiger partial charge is 0.0619 e. The van der Waals surface area contributed by atoms with E-state index in [9.17, 15) is 0 Å². The van der Waals surface area contributed by atoms with E-state index in [0.29, 0.717) is 0 Å². The molecule has 0 spiro atoms. The van der Waals surface area contributed by atoms with Crippen LogP contribution in [0.3, 0.4) is 0 Å². The summed E-state index contributed by atoms with van der Waals surface area (Å²) in [6.07, 6.45) is 0. The van der Waals surface area contributed by atoms with Crippen LogP contribution < -0.4 is 0 Å². The Balaban J connectivity index is 1.37. The molecule has 0 amide bonds. The Bertz CT molecular complexity index is 2550. The molecule has 0 saturated carbocycles. The summed E-state index contributed by atoms with van der Waals surface area (Å²) >= 11 is 0. The highest BCUT2D eigenvalue weighted by molar-refractivity contribution is 6.22. The van der Waals surface area contributed by atoms with Crippen LogP contribution >= 0.6 is 0 Å². The molecule has 0 aliphatic heterocycles. The molecule has 0 unspecified atom stereocenters. The van der Waals surface area contributed by atoms with E-state index in [1.165, 1.54) is 87.6 Å². The van der Waals surface area contributed by atoms with Gasteiger partial charge >= 0.3 is 0 Å². The van der Waals surface area contributed by atoms with E-state index in [1.807, 2.05) is 0 Å². The average molecular weight is 560 g/mol. The molecule has 206 valence electrons. The number of hydrogen-bond acceptors (Lipinski definition) is 0. The summed E-state index contributed by atoms with van der Waals surface area (Å²) in [7, 11) is 0. The van der Waals surface area contributed by atoms with Crippen molar-refractivity contribution >= 4 is 54.1 Å². The van der Waals surface area contributed by atoms with Crippen LogP contribution in [0.25, 0.3) is 82.1 Å². The fraction of sp³-hybridized carbons (Fsp3) is 0.0233. The third-order valence-corrected chi connectivity index (χ3v) is 9.19. The van der Waals surface area contributed by atoms with Crippen molar-refractivity contribution < 1.29 is 0 Å². The number of rotatable bonds is 3. The molecule has 9 rings (SSSR count). The number of nitrogens with zero attached hydrogens (tertiary/aromatic N) is 1. The van der Waals surface area contributed by atoms with E-state index < -0.39 is 0 Å². The van der Waals surface area contributed by atoms with Crippen molar-refractivity contribution in [2.24, 2.45) is 0 Å². The van der Waals surface area contributed by atoms with Gasteiger partial charge in [0.15, 0.2) is 0 Å². The predicted octanol–water partition coefficient (Wildman–Crippen LogP) is 11.9. The van der Waals surface area contributed by atoms with Gasteiger partial charge in [-0.3, -0.25) is 0 Å². The van der Waals surface area contributed by atoms with E-state index in [-0.39, 0.29) is 0 Å². The van der Waals surface area contributed by atoms with Crippen LogP contribution in [-0.4, -0.2) is 4.57 Å². The van der Waals surface area contributed by atoms with Gasteiger partial charge in [0, 0.05) is 21.8 Å². The summed E-state index contributed by atoms with van der Waals surface area (Å²) in [5.74, 6) is 0. The lowest BCUT2D eigenvalue weighted by atomic mass is 9.93. The van der Waals surface area contributed by atoms with Crippen molar-refractivity contribution in [3.8, 4) is 27.9 Å². The molecule has 8 aromatic carbocycles. The van der Waals surface area contributed by atoms with E-state index in [1.54, 1.807) is 0 Å². The minimum absolute atomic E-state index is 1.17. The van der Waals surface area contributed by atoms with Gasteiger partial charge in [0.1, 0.15) is 0 Å². The minimum Gasteiger partial charge on any atom is -0.309 e. The molecule has 1 nitrogen and oxygen atoms in total. The lowest BCUT2D eigenvalue weighted by Crippen LogP contribution is -1.96. The molecule has 1 heterocycles. The van der Waals surface area contributed by atoms with Crippen LogP contribution in [0, 0.1) is 6.92 Å². The standard InChI is InChI=1S/C43H29N/c1-28-22-23-42-40(24-28)41-27-39(29-12-3-2-4-13-29)36-20-9-10-21-37(36)43(41)44(42)32-16-11-15-30(25-32)38-26-31-14-5-6-17-33(31)34-18-7-8-19-35(34)38/h2-27H,1H3. The van der Waals surface area contributed by atoms with E-state index >= 15 is 0 Å². The van der Waals surface area contributed by atoms with Crippen LogP contribution in [0.5, 0.6) is 0 Å². The molecular formula is C43H29N. The zero-order valence-electron chi connectivity index (χ0n) is 24.5. The quantitative estimate of drug-likeness (QED) is 0.190. The largest absolute Gasteiger partial charge is 0.309 e. The van der Waals surface area contributed by atoms with E-state index in [4.69, 9.17) is 0 Å². The Morgan fingerprint density at radius 3 is 1.84 bits per heavy atom. The molecule has 0 N–H and O–H groups in total. The maximum Gasteiger partial charge on any atom is 0.0619 e. The Labute approximate surface area is 256 Å². The van der Waals surface area contributed by atoms with Gasteiger partial charge in [-0.15, -0.1) is 0 Å².